The summed E-state index contributed by atoms with van der Waals surface area (Å²) in [6.45, 7) is 2.65. The maximum absolute atomic E-state index is 12.8. The van der Waals surface area contributed by atoms with Crippen LogP contribution in [0.25, 0.3) is 10.9 Å². The third-order valence-electron chi connectivity index (χ3n) is 5.14. The Balaban J connectivity index is 2.26. The van der Waals surface area contributed by atoms with Gasteiger partial charge in [0.05, 0.1) is 18.2 Å². The van der Waals surface area contributed by atoms with Crippen LogP contribution in [0.2, 0.25) is 0 Å². The molecule has 0 unspecified atom stereocenters. The molecule has 2 rings (SSSR count). The zero-order valence-electron chi connectivity index (χ0n) is 17.4. The van der Waals surface area contributed by atoms with Crippen molar-refractivity contribution in [2.75, 3.05) is 0 Å². The fraction of sp³-hybridized carbons (Fsp3) is 0.429. The fourth-order valence-corrected chi connectivity index (χ4v) is 3.40. The van der Waals surface area contributed by atoms with Crippen molar-refractivity contribution in [1.29, 1.82) is 0 Å². The smallest absolute Gasteiger partial charge is 0.303 e. The molecule has 4 atom stereocenters. The van der Waals surface area contributed by atoms with E-state index in [2.05, 4.69) is 15.7 Å². The Morgan fingerprint density at radius 2 is 1.81 bits per heavy atom. The van der Waals surface area contributed by atoms with E-state index in [1.165, 1.54) is 13.8 Å². The largest absolute Gasteiger partial charge is 0.481 e. The molecule has 0 saturated carbocycles. The number of aromatic nitrogens is 1. The number of hydrogen-bond donors (Lipinski definition) is 6. The predicted octanol–water partition coefficient (Wildman–Crippen LogP) is -0.158. The van der Waals surface area contributed by atoms with Crippen LogP contribution in [0.3, 0.4) is 0 Å². The number of aliphatic carboxylic acids is 1. The van der Waals surface area contributed by atoms with E-state index in [1.54, 1.807) is 6.20 Å². The average molecular weight is 432 g/mol. The Hall–Kier alpha value is -2.92. The number of carbonyl (C=O) groups is 4. The molecule has 0 radical (unpaired) electrons. The van der Waals surface area contributed by atoms with Gasteiger partial charge in [0.2, 0.25) is 11.6 Å². The Morgan fingerprint density at radius 1 is 1.13 bits per heavy atom. The van der Waals surface area contributed by atoms with Crippen LogP contribution in [0.4, 0.5) is 0 Å². The first-order valence-electron chi connectivity index (χ1n) is 9.91. The number of hydrazine groups is 1. The normalized spacial score (nSPS) is 15.2. The summed E-state index contributed by atoms with van der Waals surface area (Å²) in [5.41, 5.74) is 3.83. The lowest BCUT2D eigenvalue weighted by Crippen LogP contribution is -2.56. The first-order chi connectivity index (χ1) is 14.6. The molecule has 1 aromatic carbocycles. The number of aromatic amines is 1. The lowest BCUT2D eigenvalue weighted by atomic mass is 9.94. The monoisotopic (exact) mass is 432 g/mol. The summed E-state index contributed by atoms with van der Waals surface area (Å²) in [7, 11) is 0. The Labute approximate surface area is 179 Å². The lowest BCUT2D eigenvalue weighted by molar-refractivity contribution is -0.141. The van der Waals surface area contributed by atoms with E-state index in [-0.39, 0.29) is 25.0 Å². The summed E-state index contributed by atoms with van der Waals surface area (Å²) < 4.78 is 0. The number of nitrogens with two attached hydrogens (primary N) is 1. The van der Waals surface area contributed by atoms with Crippen molar-refractivity contribution in [3.63, 3.8) is 0 Å². The van der Waals surface area contributed by atoms with Crippen LogP contribution in [0.1, 0.15) is 32.3 Å². The quantitative estimate of drug-likeness (QED) is 0.143. The third-order valence-corrected chi connectivity index (χ3v) is 5.14. The summed E-state index contributed by atoms with van der Waals surface area (Å²) in [5, 5.41) is 22.5. The van der Waals surface area contributed by atoms with E-state index in [4.69, 9.17) is 10.9 Å². The van der Waals surface area contributed by atoms with Crippen LogP contribution >= 0.6 is 0 Å². The van der Waals surface area contributed by atoms with Crippen molar-refractivity contribution in [2.45, 2.75) is 57.3 Å². The van der Waals surface area contributed by atoms with Gasteiger partial charge in [0.15, 0.2) is 0 Å². The number of carboxylic acids is 1. The average Bonchev–Trinajstić information content (AvgIpc) is 3.12. The number of fused-ring (bicyclic) bond motifs is 1. The minimum atomic E-state index is -1.34. The number of ketones is 3. The third kappa shape index (κ3) is 6.28. The van der Waals surface area contributed by atoms with Crippen LogP contribution in [-0.2, 0) is 25.6 Å². The molecule has 0 amide bonds. The minimum Gasteiger partial charge on any atom is -0.481 e. The molecule has 0 saturated heterocycles. The van der Waals surface area contributed by atoms with Gasteiger partial charge in [0, 0.05) is 23.5 Å². The molecule has 0 aliphatic heterocycles. The van der Waals surface area contributed by atoms with Crippen LogP contribution in [0.15, 0.2) is 30.5 Å². The first kappa shape index (κ1) is 24.4. The number of rotatable bonds is 13. The molecule has 1 aromatic heterocycles. The second-order valence-corrected chi connectivity index (χ2v) is 7.49. The molecule has 10 heteroatoms. The number of aliphatic hydroxyl groups excluding tert-OH is 1. The molecule has 1 heterocycles. The van der Waals surface area contributed by atoms with Gasteiger partial charge in [-0.15, -0.1) is 0 Å². The van der Waals surface area contributed by atoms with Gasteiger partial charge in [-0.1, -0.05) is 18.2 Å². The number of nitrogens with one attached hydrogen (secondary N) is 3. The van der Waals surface area contributed by atoms with Crippen molar-refractivity contribution in [3.8, 4) is 0 Å². The number of aliphatic hydroxyl groups is 1. The van der Waals surface area contributed by atoms with Gasteiger partial charge in [-0.25, -0.2) is 5.43 Å². The van der Waals surface area contributed by atoms with Gasteiger partial charge in [0.1, 0.15) is 11.8 Å². The number of hydrogen-bond acceptors (Lipinski definition) is 8. The SMILES string of the molecule is CC(=O)[C@H](Cc1c[nH]c2ccccc12)N[C@@H](CCC(=O)O)C(=O)C(=O)[C@@H](NN)[C@@H](C)O. The molecule has 7 N–H and O–H groups in total. The van der Waals surface area contributed by atoms with Gasteiger partial charge in [-0.2, -0.15) is 0 Å². The van der Waals surface area contributed by atoms with Gasteiger partial charge in [-0.3, -0.25) is 30.3 Å². The summed E-state index contributed by atoms with van der Waals surface area (Å²) >= 11 is 0. The van der Waals surface area contributed by atoms with Gasteiger partial charge < -0.3 is 15.2 Å². The predicted molar refractivity (Wildman–Crippen MR) is 113 cm³/mol. The molecule has 10 nitrogen and oxygen atoms in total. The van der Waals surface area contributed by atoms with Gasteiger partial charge in [0.25, 0.3) is 0 Å². The molecule has 168 valence electrons. The number of H-pyrrole nitrogens is 1. The molecule has 0 bridgehead atoms. The van der Waals surface area contributed by atoms with Gasteiger partial charge >= 0.3 is 5.97 Å². The standard InChI is InChI=1S/C21H28N4O6/c1-11(26)17(9-13-10-23-15-6-4-3-5-14(13)15)24-16(7-8-18(28)29)20(30)21(31)19(25-22)12(2)27/h3-6,10,12,16-17,19,23-25,27H,7-9,22H2,1-2H3,(H,28,29)/t12-,16+,17+,19+/m1/s1. The number of para-hydroxylation sites is 1. The first-order valence-corrected chi connectivity index (χ1v) is 9.91. The summed E-state index contributed by atoms with van der Waals surface area (Å²) in [4.78, 5) is 51.8. The number of carboxylic acid groups (broad SMARTS) is 1. The van der Waals surface area contributed by atoms with Crippen molar-refractivity contribution in [1.82, 2.24) is 15.7 Å². The highest BCUT2D eigenvalue weighted by Gasteiger charge is 2.35. The summed E-state index contributed by atoms with van der Waals surface area (Å²) in [5.74, 6) is 1.92. The maximum Gasteiger partial charge on any atom is 0.303 e. The van der Waals surface area contributed by atoms with E-state index in [0.29, 0.717) is 0 Å². The minimum absolute atomic E-state index is 0.200. The van der Waals surface area contributed by atoms with Crippen LogP contribution in [0.5, 0.6) is 0 Å². The molecule has 31 heavy (non-hydrogen) atoms. The van der Waals surface area contributed by atoms with E-state index in [1.807, 2.05) is 24.3 Å². The van der Waals surface area contributed by atoms with E-state index in [9.17, 15) is 24.3 Å². The molecular weight excluding hydrogens is 404 g/mol. The van der Waals surface area contributed by atoms with Crippen LogP contribution in [-0.4, -0.2) is 62.7 Å². The van der Waals surface area contributed by atoms with Crippen LogP contribution < -0.4 is 16.6 Å². The highest BCUT2D eigenvalue weighted by Crippen LogP contribution is 2.20. The Kier molecular flexibility index (Phi) is 8.57. The molecular formula is C21H28N4O6. The topological polar surface area (TPSA) is 175 Å². The molecule has 2 aromatic rings. The van der Waals surface area contributed by atoms with Gasteiger partial charge in [-0.05, 0) is 38.3 Å². The Morgan fingerprint density at radius 3 is 2.39 bits per heavy atom. The van der Waals surface area contributed by atoms with Crippen LogP contribution in [0, 0.1) is 0 Å². The fourth-order valence-electron chi connectivity index (χ4n) is 3.40. The molecule has 0 fully saturated rings. The van der Waals surface area contributed by atoms with E-state index < -0.39 is 41.8 Å². The summed E-state index contributed by atoms with van der Waals surface area (Å²) in [6, 6.07) is 4.13. The molecule has 0 spiro atoms. The molecule has 0 aliphatic rings. The number of benzene rings is 1. The summed E-state index contributed by atoms with van der Waals surface area (Å²) in [6.07, 6.45) is 0.178. The Bertz CT molecular complexity index is 954. The number of carbonyl (C=O) groups excluding carboxylic acids is 3. The molecule has 0 aliphatic carbocycles. The van der Waals surface area contributed by atoms with E-state index in [0.717, 1.165) is 16.5 Å². The van der Waals surface area contributed by atoms with Crippen molar-refractivity contribution >= 4 is 34.2 Å². The van der Waals surface area contributed by atoms with Crippen molar-refractivity contribution < 1.29 is 29.4 Å². The maximum atomic E-state index is 12.8. The second-order valence-electron chi connectivity index (χ2n) is 7.49. The highest BCUT2D eigenvalue weighted by atomic mass is 16.4. The number of Topliss-reactive ketones (excluding diaryl/α,β-unsaturated/α-hetero) is 3. The van der Waals surface area contributed by atoms with E-state index >= 15 is 0 Å². The lowest BCUT2D eigenvalue weighted by Gasteiger charge is -2.25. The second kappa shape index (κ2) is 10.9. The highest BCUT2D eigenvalue weighted by molar-refractivity contribution is 6.41. The van der Waals surface area contributed by atoms with Crippen molar-refractivity contribution in [3.05, 3.63) is 36.0 Å². The zero-order valence-corrected chi connectivity index (χ0v) is 17.4. The van der Waals surface area contributed by atoms with Crippen molar-refractivity contribution in [2.24, 2.45) is 5.84 Å². The zero-order chi connectivity index (χ0) is 23.1.